The summed E-state index contributed by atoms with van der Waals surface area (Å²) in [4.78, 5) is 54.3. The predicted octanol–water partition coefficient (Wildman–Crippen LogP) is 4.30. The normalized spacial score (nSPS) is 18.3. The molecular formula is C24H33NO6. The minimum absolute atomic E-state index is 0.0964. The summed E-state index contributed by atoms with van der Waals surface area (Å²) in [6.45, 7) is 13.5. The van der Waals surface area contributed by atoms with Crippen LogP contribution in [0.25, 0.3) is 0 Å². The summed E-state index contributed by atoms with van der Waals surface area (Å²) in [6.07, 6.45) is 0.231. The highest BCUT2D eigenvalue weighted by molar-refractivity contribution is 6.23. The molecule has 1 aliphatic heterocycles. The molecule has 2 amide bonds. The van der Waals surface area contributed by atoms with Crippen LogP contribution >= 0.6 is 0 Å². The van der Waals surface area contributed by atoms with Crippen LogP contribution in [-0.4, -0.2) is 44.9 Å². The molecule has 1 aromatic carbocycles. The molecule has 170 valence electrons. The lowest BCUT2D eigenvalue weighted by Crippen LogP contribution is -2.72. The number of carbonyl (C=O) groups excluding carboxylic acids is 3. The number of ether oxygens (including phenoxy) is 1. The van der Waals surface area contributed by atoms with Gasteiger partial charge in [0.2, 0.25) is 0 Å². The first kappa shape index (κ1) is 24.6. The van der Waals surface area contributed by atoms with Gasteiger partial charge in [-0.25, -0.2) is 4.79 Å². The van der Waals surface area contributed by atoms with Crippen LogP contribution in [0.5, 0.6) is 0 Å². The zero-order valence-electron chi connectivity index (χ0n) is 19.7. The summed E-state index contributed by atoms with van der Waals surface area (Å²) in [5, 5.41) is 10.6. The number of aliphatic carboxylic acids is 1. The number of nitrogens with zero attached hydrogens (tertiary/aromatic N) is 1. The number of benzene rings is 1. The molecule has 1 heterocycles. The minimum atomic E-state index is -2.14. The van der Waals surface area contributed by atoms with Gasteiger partial charge in [0.05, 0.1) is 11.1 Å². The molecule has 0 aliphatic carbocycles. The van der Waals surface area contributed by atoms with Crippen molar-refractivity contribution >= 4 is 23.8 Å². The molecule has 0 fully saturated rings. The minimum Gasteiger partial charge on any atom is -0.479 e. The Kier molecular flexibility index (Phi) is 6.16. The summed E-state index contributed by atoms with van der Waals surface area (Å²) in [7, 11) is 0. The maximum absolute atomic E-state index is 13.7. The Morgan fingerprint density at radius 1 is 0.935 bits per heavy atom. The molecule has 1 aromatic rings. The number of carboxylic acid groups (broad SMARTS) is 1. The van der Waals surface area contributed by atoms with E-state index in [9.17, 15) is 24.3 Å². The van der Waals surface area contributed by atoms with Crippen molar-refractivity contribution in [2.45, 2.75) is 79.4 Å². The van der Waals surface area contributed by atoms with Gasteiger partial charge in [-0.1, -0.05) is 46.2 Å². The van der Waals surface area contributed by atoms with E-state index in [4.69, 9.17) is 4.74 Å². The van der Waals surface area contributed by atoms with E-state index in [0.29, 0.717) is 6.42 Å². The molecular weight excluding hydrogens is 398 g/mol. The maximum atomic E-state index is 13.7. The lowest BCUT2D eigenvalue weighted by atomic mass is 9.54. The van der Waals surface area contributed by atoms with Gasteiger partial charge in [-0.15, -0.1) is 0 Å². The standard InChI is InChI=1S/C24H33NO6/c1-9-14-24(19(28)29,23(8,21(2,3)4)20(30)31-22(5,6)7)25-17(26)15-12-10-11-13-16(15)18(25)27/h10-13H,9,14H2,1-8H3,(H,28,29). The molecule has 1 N–H and O–H groups in total. The van der Waals surface area contributed by atoms with E-state index in [-0.39, 0.29) is 17.5 Å². The Morgan fingerprint density at radius 2 is 1.39 bits per heavy atom. The number of fused-ring (bicyclic) bond motifs is 1. The van der Waals surface area contributed by atoms with Crippen molar-refractivity contribution in [1.29, 1.82) is 0 Å². The fraction of sp³-hybridized carbons (Fsp3) is 0.583. The number of rotatable bonds is 6. The maximum Gasteiger partial charge on any atom is 0.331 e. The molecule has 0 radical (unpaired) electrons. The molecule has 1 aliphatic rings. The van der Waals surface area contributed by atoms with Gasteiger partial charge in [-0.3, -0.25) is 19.3 Å². The summed E-state index contributed by atoms with van der Waals surface area (Å²) < 4.78 is 5.69. The van der Waals surface area contributed by atoms with Gasteiger partial charge in [0.15, 0.2) is 5.54 Å². The summed E-state index contributed by atoms with van der Waals surface area (Å²) in [5.74, 6) is -3.60. The van der Waals surface area contributed by atoms with Crippen molar-refractivity contribution in [3.63, 3.8) is 0 Å². The molecule has 7 nitrogen and oxygen atoms in total. The van der Waals surface area contributed by atoms with Crippen LogP contribution < -0.4 is 0 Å². The Morgan fingerprint density at radius 3 is 1.71 bits per heavy atom. The molecule has 31 heavy (non-hydrogen) atoms. The van der Waals surface area contributed by atoms with Crippen LogP contribution in [-0.2, 0) is 14.3 Å². The lowest BCUT2D eigenvalue weighted by molar-refractivity contribution is -0.195. The third-order valence-electron chi connectivity index (χ3n) is 6.28. The van der Waals surface area contributed by atoms with E-state index < -0.39 is 45.7 Å². The Bertz CT molecular complexity index is 888. The van der Waals surface area contributed by atoms with Crippen LogP contribution in [0.1, 0.15) is 88.9 Å². The SMILES string of the molecule is CCCC(C(=O)O)(N1C(=O)c2ccccc2C1=O)C(C)(C(=O)OC(C)(C)C)C(C)(C)C. The first-order valence-electron chi connectivity index (χ1n) is 10.5. The zero-order chi connectivity index (χ0) is 24.0. The van der Waals surface area contributed by atoms with E-state index in [1.165, 1.54) is 19.1 Å². The van der Waals surface area contributed by atoms with E-state index in [2.05, 4.69) is 0 Å². The molecule has 0 spiro atoms. The molecule has 0 saturated carbocycles. The van der Waals surface area contributed by atoms with E-state index >= 15 is 0 Å². The van der Waals surface area contributed by atoms with Crippen LogP contribution in [0.2, 0.25) is 0 Å². The monoisotopic (exact) mass is 431 g/mol. The van der Waals surface area contributed by atoms with Crippen molar-refractivity contribution in [2.75, 3.05) is 0 Å². The van der Waals surface area contributed by atoms with Gasteiger partial charge in [0.25, 0.3) is 11.8 Å². The van der Waals surface area contributed by atoms with Crippen LogP contribution in [0, 0.1) is 10.8 Å². The number of carbonyl (C=O) groups is 4. The highest BCUT2D eigenvalue weighted by Gasteiger charge is 2.70. The topological polar surface area (TPSA) is 101 Å². The number of amides is 2. The number of esters is 1. The Labute approximate surface area is 183 Å². The first-order chi connectivity index (χ1) is 14.1. The Balaban J connectivity index is 2.89. The van der Waals surface area contributed by atoms with Crippen molar-refractivity contribution in [2.24, 2.45) is 10.8 Å². The second-order valence-electron chi connectivity index (χ2n) is 10.3. The van der Waals surface area contributed by atoms with Crippen LogP contribution in [0.4, 0.5) is 0 Å². The molecule has 2 atom stereocenters. The zero-order valence-corrected chi connectivity index (χ0v) is 19.7. The van der Waals surface area contributed by atoms with Crippen molar-refractivity contribution < 1.29 is 29.0 Å². The third kappa shape index (κ3) is 3.64. The van der Waals surface area contributed by atoms with Gasteiger partial charge in [-0.2, -0.15) is 0 Å². The van der Waals surface area contributed by atoms with Crippen LogP contribution in [0.15, 0.2) is 24.3 Å². The quantitative estimate of drug-likeness (QED) is 0.532. The molecule has 7 heteroatoms. The van der Waals surface area contributed by atoms with Crippen LogP contribution in [0.3, 0.4) is 0 Å². The molecule has 0 bridgehead atoms. The number of hydrogen-bond acceptors (Lipinski definition) is 5. The molecule has 0 aromatic heterocycles. The summed E-state index contributed by atoms with van der Waals surface area (Å²) in [6, 6.07) is 6.23. The lowest BCUT2D eigenvalue weighted by Gasteiger charge is -2.54. The van der Waals surface area contributed by atoms with Gasteiger partial charge in [-0.05, 0) is 51.7 Å². The molecule has 2 rings (SSSR count). The summed E-state index contributed by atoms with van der Waals surface area (Å²) >= 11 is 0. The van der Waals surface area contributed by atoms with Gasteiger partial charge in [0, 0.05) is 0 Å². The fourth-order valence-corrected chi connectivity index (χ4v) is 4.38. The first-order valence-corrected chi connectivity index (χ1v) is 10.5. The van der Waals surface area contributed by atoms with E-state index in [0.717, 1.165) is 4.90 Å². The molecule has 0 saturated heterocycles. The van der Waals surface area contributed by atoms with Gasteiger partial charge >= 0.3 is 11.9 Å². The number of hydrogen-bond donors (Lipinski definition) is 1. The second-order valence-corrected chi connectivity index (χ2v) is 10.3. The van der Waals surface area contributed by atoms with E-state index in [1.54, 1.807) is 60.6 Å². The predicted molar refractivity (Wildman–Crippen MR) is 116 cm³/mol. The van der Waals surface area contributed by atoms with E-state index in [1.807, 2.05) is 0 Å². The highest BCUT2D eigenvalue weighted by Crippen LogP contribution is 2.54. The largest absolute Gasteiger partial charge is 0.479 e. The highest BCUT2D eigenvalue weighted by atomic mass is 16.6. The number of imide groups is 1. The average molecular weight is 432 g/mol. The smallest absolute Gasteiger partial charge is 0.331 e. The van der Waals surface area contributed by atoms with Gasteiger partial charge < -0.3 is 9.84 Å². The fourth-order valence-electron chi connectivity index (χ4n) is 4.38. The van der Waals surface area contributed by atoms with Crippen molar-refractivity contribution in [1.82, 2.24) is 4.90 Å². The second kappa shape index (κ2) is 7.77. The van der Waals surface area contributed by atoms with Crippen molar-refractivity contribution in [3.05, 3.63) is 35.4 Å². The number of carboxylic acids is 1. The van der Waals surface area contributed by atoms with Crippen molar-refractivity contribution in [3.8, 4) is 0 Å². The summed E-state index contributed by atoms with van der Waals surface area (Å²) in [5.41, 5.74) is -5.48. The average Bonchev–Trinajstić information content (AvgIpc) is 2.88. The molecule has 2 unspecified atom stereocenters. The third-order valence-corrected chi connectivity index (χ3v) is 6.28. The Hall–Kier alpha value is -2.70. The van der Waals surface area contributed by atoms with Gasteiger partial charge in [0.1, 0.15) is 11.0 Å².